The Balaban J connectivity index is 1.48. The minimum absolute atomic E-state index is 0.300. The van der Waals surface area contributed by atoms with Gasteiger partial charge in [0.25, 0.3) is 5.91 Å². The van der Waals surface area contributed by atoms with Crippen LogP contribution in [-0.2, 0) is 9.59 Å². The van der Waals surface area contributed by atoms with Gasteiger partial charge in [-0.25, -0.2) is 0 Å². The number of aromatic nitrogens is 1. The molecule has 1 aliphatic carbocycles. The average Bonchev–Trinajstić information content (AvgIpc) is 3.64. The number of anilines is 2. The smallest absolute Gasteiger partial charge is 0.254 e. The maximum Gasteiger partial charge on any atom is 0.254 e. The lowest BCUT2D eigenvalue weighted by Gasteiger charge is -2.25. The van der Waals surface area contributed by atoms with E-state index in [2.05, 4.69) is 10.3 Å². The third kappa shape index (κ3) is 4.52. The first-order valence-corrected chi connectivity index (χ1v) is 12.9. The van der Waals surface area contributed by atoms with Gasteiger partial charge in [0.15, 0.2) is 0 Å². The van der Waals surface area contributed by atoms with Crippen molar-refractivity contribution in [2.75, 3.05) is 19.1 Å². The number of carbonyl (C=O) groups excluding carboxylic acids is 3. The van der Waals surface area contributed by atoms with Gasteiger partial charge in [0.2, 0.25) is 11.8 Å². The molecule has 0 aliphatic heterocycles. The standard InChI is InChI=1S/C27H23ClN4O5S/c1-30-24(33)19-12-18-20(13-22(19)36-2)31-10-7-21(18)37-17-5-3-16(4-6-17)32(23-11-15(28)14-38-23)26(35)27(8-9-27)25(29)34/h3-7,10-14H,8-9H2,1-2H3,(H2,29,34)(H,30,33). The molecule has 0 unspecified atom stereocenters. The molecule has 1 fully saturated rings. The Labute approximate surface area is 227 Å². The van der Waals surface area contributed by atoms with Crippen LogP contribution in [0.25, 0.3) is 10.9 Å². The monoisotopic (exact) mass is 550 g/mol. The van der Waals surface area contributed by atoms with Gasteiger partial charge in [0.1, 0.15) is 27.7 Å². The number of primary amides is 1. The number of nitrogens with zero attached hydrogens (tertiary/aromatic N) is 2. The Bertz CT molecular complexity index is 1570. The predicted molar refractivity (Wildman–Crippen MR) is 146 cm³/mol. The third-order valence-corrected chi connectivity index (χ3v) is 7.69. The van der Waals surface area contributed by atoms with Crippen LogP contribution in [0.1, 0.15) is 23.2 Å². The highest BCUT2D eigenvalue weighted by Gasteiger charge is 2.57. The molecule has 3 amide bonds. The van der Waals surface area contributed by atoms with Crippen LogP contribution in [0.4, 0.5) is 10.7 Å². The number of nitrogens with one attached hydrogen (secondary N) is 1. The van der Waals surface area contributed by atoms with Gasteiger partial charge in [0.05, 0.1) is 23.2 Å². The highest BCUT2D eigenvalue weighted by atomic mass is 35.5. The topological polar surface area (TPSA) is 124 Å². The second kappa shape index (κ2) is 9.96. The molecule has 9 nitrogen and oxygen atoms in total. The molecule has 2 heterocycles. The Hall–Kier alpha value is -4.15. The number of hydrogen-bond donors (Lipinski definition) is 2. The van der Waals surface area contributed by atoms with E-state index in [0.29, 0.717) is 62.3 Å². The van der Waals surface area contributed by atoms with E-state index >= 15 is 0 Å². The second-order valence-corrected chi connectivity index (χ2v) is 10.1. The summed E-state index contributed by atoms with van der Waals surface area (Å²) in [6, 6.07) is 13.6. The molecule has 194 valence electrons. The number of halogens is 1. The van der Waals surface area contributed by atoms with Crippen molar-refractivity contribution < 1.29 is 23.9 Å². The molecule has 0 saturated heterocycles. The zero-order valence-electron chi connectivity index (χ0n) is 20.5. The van der Waals surface area contributed by atoms with Crippen LogP contribution in [0.2, 0.25) is 5.02 Å². The molecular formula is C27H23ClN4O5S. The maximum atomic E-state index is 13.5. The summed E-state index contributed by atoms with van der Waals surface area (Å²) in [7, 11) is 3.03. The number of carbonyl (C=O) groups is 3. The van der Waals surface area contributed by atoms with E-state index in [1.165, 1.54) is 23.3 Å². The highest BCUT2D eigenvalue weighted by molar-refractivity contribution is 7.15. The van der Waals surface area contributed by atoms with Crippen molar-refractivity contribution >= 4 is 62.3 Å². The Morgan fingerprint density at radius 3 is 2.42 bits per heavy atom. The van der Waals surface area contributed by atoms with Gasteiger partial charge in [0, 0.05) is 35.8 Å². The maximum absolute atomic E-state index is 13.5. The number of thiophene rings is 1. The molecule has 0 bridgehead atoms. The fourth-order valence-electron chi connectivity index (χ4n) is 4.18. The highest BCUT2D eigenvalue weighted by Crippen LogP contribution is 2.50. The number of pyridine rings is 1. The largest absolute Gasteiger partial charge is 0.496 e. The minimum Gasteiger partial charge on any atom is -0.496 e. The summed E-state index contributed by atoms with van der Waals surface area (Å²) < 4.78 is 11.5. The number of amides is 3. The number of benzene rings is 2. The molecule has 2 aromatic carbocycles. The number of hydrogen-bond acceptors (Lipinski definition) is 7. The molecule has 1 aliphatic rings. The molecule has 11 heteroatoms. The van der Waals surface area contributed by atoms with Crippen LogP contribution >= 0.6 is 22.9 Å². The molecule has 4 aromatic rings. The van der Waals surface area contributed by atoms with E-state index in [1.54, 1.807) is 67.2 Å². The van der Waals surface area contributed by atoms with Crippen LogP contribution < -0.4 is 25.4 Å². The van der Waals surface area contributed by atoms with Crippen molar-refractivity contribution in [1.82, 2.24) is 10.3 Å². The summed E-state index contributed by atoms with van der Waals surface area (Å²) in [6.45, 7) is 0. The molecule has 0 spiro atoms. The van der Waals surface area contributed by atoms with Crippen molar-refractivity contribution in [3.05, 3.63) is 70.7 Å². The van der Waals surface area contributed by atoms with Crippen molar-refractivity contribution in [3.8, 4) is 17.2 Å². The van der Waals surface area contributed by atoms with Crippen LogP contribution in [0.5, 0.6) is 17.2 Å². The Morgan fingerprint density at radius 1 is 1.11 bits per heavy atom. The van der Waals surface area contributed by atoms with Crippen LogP contribution in [0, 0.1) is 5.41 Å². The second-order valence-electron chi connectivity index (χ2n) is 8.74. The number of ether oxygens (including phenoxy) is 2. The van der Waals surface area contributed by atoms with Gasteiger partial charge in [-0.2, -0.15) is 0 Å². The van der Waals surface area contributed by atoms with Gasteiger partial charge in [-0.3, -0.25) is 24.3 Å². The van der Waals surface area contributed by atoms with Gasteiger partial charge < -0.3 is 20.5 Å². The first-order chi connectivity index (χ1) is 18.3. The first kappa shape index (κ1) is 25.5. The molecule has 0 radical (unpaired) electrons. The summed E-state index contributed by atoms with van der Waals surface area (Å²) >= 11 is 7.43. The van der Waals surface area contributed by atoms with Crippen LogP contribution in [0.15, 0.2) is 60.1 Å². The van der Waals surface area contributed by atoms with Crippen LogP contribution in [0.3, 0.4) is 0 Å². The van der Waals surface area contributed by atoms with Gasteiger partial charge in [-0.15, -0.1) is 11.3 Å². The molecule has 0 atom stereocenters. The summed E-state index contributed by atoms with van der Waals surface area (Å²) in [5.74, 6) is 0.0604. The lowest BCUT2D eigenvalue weighted by Crippen LogP contribution is -2.41. The van der Waals surface area contributed by atoms with Gasteiger partial charge >= 0.3 is 0 Å². The van der Waals surface area contributed by atoms with E-state index in [1.807, 2.05) is 0 Å². The molecule has 1 saturated carbocycles. The fraction of sp³-hybridized carbons (Fsp3) is 0.185. The van der Waals surface area contributed by atoms with Crippen molar-refractivity contribution in [1.29, 1.82) is 0 Å². The van der Waals surface area contributed by atoms with Crippen molar-refractivity contribution in [2.24, 2.45) is 11.1 Å². The minimum atomic E-state index is -1.20. The molecule has 3 N–H and O–H groups in total. The zero-order valence-corrected chi connectivity index (χ0v) is 22.1. The SMILES string of the molecule is CNC(=O)c1cc2c(Oc3ccc(N(C(=O)C4(C(N)=O)CC4)c4cc(Cl)cs4)cc3)ccnc2cc1OC. The lowest BCUT2D eigenvalue weighted by atomic mass is 10.0. The van der Waals surface area contributed by atoms with E-state index in [-0.39, 0.29) is 11.8 Å². The summed E-state index contributed by atoms with van der Waals surface area (Å²) in [6.07, 6.45) is 2.43. The lowest BCUT2D eigenvalue weighted by molar-refractivity contribution is -0.133. The molecule has 38 heavy (non-hydrogen) atoms. The van der Waals surface area contributed by atoms with E-state index in [4.69, 9.17) is 26.8 Å². The van der Waals surface area contributed by atoms with Crippen molar-refractivity contribution in [2.45, 2.75) is 12.8 Å². The van der Waals surface area contributed by atoms with E-state index in [9.17, 15) is 14.4 Å². The Kier molecular flexibility index (Phi) is 6.68. The number of nitrogens with two attached hydrogens (primary N) is 1. The summed E-state index contributed by atoms with van der Waals surface area (Å²) in [5, 5.41) is 6.01. The fourth-order valence-corrected chi connectivity index (χ4v) is 5.27. The predicted octanol–water partition coefficient (Wildman–Crippen LogP) is 5.04. The molecular weight excluding hydrogens is 528 g/mol. The number of fused-ring (bicyclic) bond motifs is 1. The molecule has 2 aromatic heterocycles. The summed E-state index contributed by atoms with van der Waals surface area (Å²) in [5.41, 5.74) is 5.86. The quantitative estimate of drug-likeness (QED) is 0.296. The third-order valence-electron chi connectivity index (χ3n) is 6.43. The van der Waals surface area contributed by atoms with E-state index in [0.717, 1.165) is 0 Å². The first-order valence-electron chi connectivity index (χ1n) is 11.6. The van der Waals surface area contributed by atoms with E-state index < -0.39 is 11.3 Å². The van der Waals surface area contributed by atoms with Crippen molar-refractivity contribution in [3.63, 3.8) is 0 Å². The summed E-state index contributed by atoms with van der Waals surface area (Å²) in [4.78, 5) is 43.8. The molecule has 5 rings (SSSR count). The number of rotatable bonds is 8. The van der Waals surface area contributed by atoms with Gasteiger partial charge in [-0.1, -0.05) is 11.6 Å². The normalized spacial score (nSPS) is 13.6. The average molecular weight is 551 g/mol. The number of methoxy groups -OCH3 is 1. The van der Waals surface area contributed by atoms with Gasteiger partial charge in [-0.05, 0) is 55.3 Å². The Morgan fingerprint density at radius 2 is 1.84 bits per heavy atom. The zero-order chi connectivity index (χ0) is 27.0. The van der Waals surface area contributed by atoms with Crippen LogP contribution in [-0.4, -0.2) is 36.9 Å².